The maximum atomic E-state index is 11.2. The van der Waals surface area contributed by atoms with Crippen LogP contribution in [-0.2, 0) is 66.5 Å². The SMILES string of the molecule is C=C1/C(=C/C(=O)OC)CC(OC)CC1O.C=C1/C(=C/C(=O)OC)CC(OC)CC1O.COC(=O)/C=C1\CC(OC)CC2OC12C.COC(=O)/C=C1\CC(OC)CC2OC12C. The third-order valence-electron chi connectivity index (χ3n) is 11.8. The monoisotopic (exact) mass is 848 g/mol. The number of carbonyl (C=O) groups is 4. The van der Waals surface area contributed by atoms with E-state index in [1.54, 1.807) is 28.4 Å². The van der Waals surface area contributed by atoms with Gasteiger partial charge in [-0.25, -0.2) is 19.2 Å². The van der Waals surface area contributed by atoms with Gasteiger partial charge >= 0.3 is 23.9 Å². The average Bonchev–Trinajstić information content (AvgIpc) is 4.14. The number of aliphatic hydroxyl groups is 2. The van der Waals surface area contributed by atoms with Gasteiger partial charge in [0, 0.05) is 78.4 Å². The molecule has 6 rings (SSSR count). The Kier molecular flexibility index (Phi) is 19.1. The van der Waals surface area contributed by atoms with Gasteiger partial charge in [-0.05, 0) is 73.0 Å². The lowest BCUT2D eigenvalue weighted by molar-refractivity contribution is -0.135. The molecule has 4 aliphatic carbocycles. The first-order valence-corrected chi connectivity index (χ1v) is 19.7. The van der Waals surface area contributed by atoms with Crippen molar-refractivity contribution in [1.29, 1.82) is 0 Å². The van der Waals surface area contributed by atoms with Gasteiger partial charge in [-0.2, -0.15) is 0 Å². The highest BCUT2D eigenvalue weighted by Crippen LogP contribution is 2.52. The van der Waals surface area contributed by atoms with E-state index in [0.29, 0.717) is 48.0 Å². The smallest absolute Gasteiger partial charge is 0.330 e. The summed E-state index contributed by atoms with van der Waals surface area (Å²) in [6, 6.07) is 0. The standard InChI is InChI=1S/4C11H16O4/c2*1-11-7(5-10(12)14-3)4-8(13-2)6-9(11)15-11;2*1-7-8(5-11(13)15-3)4-9(14-2)6-10(7)12/h2*5,8-9H,4,6H2,1-3H3;2*5,9-10,12H,1,4,6H2,2-3H3/b2*7-5+;2*8-5+. The molecule has 2 saturated heterocycles. The fourth-order valence-electron chi connectivity index (χ4n) is 7.53. The number of esters is 4. The molecule has 6 fully saturated rings. The van der Waals surface area contributed by atoms with Crippen molar-refractivity contribution >= 4 is 23.9 Å². The first-order chi connectivity index (χ1) is 28.4. The normalized spacial score (nSPS) is 35.2. The average molecular weight is 849 g/mol. The van der Waals surface area contributed by atoms with Crippen LogP contribution in [0.4, 0.5) is 0 Å². The van der Waals surface area contributed by atoms with Crippen molar-refractivity contribution in [2.45, 2.75) is 125 Å². The highest BCUT2D eigenvalue weighted by Gasteiger charge is 2.59. The van der Waals surface area contributed by atoms with Crippen LogP contribution in [0, 0.1) is 0 Å². The second-order valence-electron chi connectivity index (χ2n) is 15.5. The topological polar surface area (TPSA) is 208 Å². The molecule has 4 saturated carbocycles. The molecule has 2 aliphatic heterocycles. The lowest BCUT2D eigenvalue weighted by atomic mass is 9.83. The molecule has 2 heterocycles. The summed E-state index contributed by atoms with van der Waals surface area (Å²) in [5.41, 5.74) is 4.03. The van der Waals surface area contributed by atoms with E-state index < -0.39 is 24.1 Å². The quantitative estimate of drug-likeness (QED) is 0.154. The van der Waals surface area contributed by atoms with Gasteiger partial charge in [0.05, 0.1) is 77.3 Å². The zero-order valence-electron chi connectivity index (χ0n) is 36.6. The summed E-state index contributed by atoms with van der Waals surface area (Å²) in [7, 11) is 11.9. The van der Waals surface area contributed by atoms with Crippen molar-refractivity contribution in [3.8, 4) is 0 Å². The Bertz CT molecular complexity index is 1570. The van der Waals surface area contributed by atoms with Crippen LogP contribution in [-0.4, -0.2) is 151 Å². The van der Waals surface area contributed by atoms with Crippen LogP contribution in [0.5, 0.6) is 0 Å². The minimum absolute atomic E-state index is 0.0681. The van der Waals surface area contributed by atoms with Crippen molar-refractivity contribution in [1.82, 2.24) is 0 Å². The number of rotatable bonds is 8. The van der Waals surface area contributed by atoms with Crippen LogP contribution in [0.25, 0.3) is 0 Å². The Labute approximate surface area is 353 Å². The van der Waals surface area contributed by atoms with Gasteiger partial charge in [-0.1, -0.05) is 13.2 Å². The van der Waals surface area contributed by atoms with Crippen LogP contribution in [0.15, 0.2) is 70.9 Å². The third-order valence-corrected chi connectivity index (χ3v) is 11.8. The van der Waals surface area contributed by atoms with Crippen LogP contribution in [0.1, 0.15) is 65.2 Å². The first-order valence-electron chi connectivity index (χ1n) is 19.7. The van der Waals surface area contributed by atoms with Crippen molar-refractivity contribution in [3.63, 3.8) is 0 Å². The molecule has 0 aromatic rings. The van der Waals surface area contributed by atoms with Gasteiger partial charge in [0.25, 0.3) is 0 Å². The number of aliphatic hydroxyl groups excluding tert-OH is 2. The number of hydrogen-bond acceptors (Lipinski definition) is 16. The molecule has 336 valence electrons. The second-order valence-corrected chi connectivity index (χ2v) is 15.5. The van der Waals surface area contributed by atoms with Gasteiger partial charge in [-0.3, -0.25) is 0 Å². The van der Waals surface area contributed by atoms with E-state index in [-0.39, 0.29) is 59.8 Å². The summed E-state index contributed by atoms with van der Waals surface area (Å²) in [6.07, 6.45) is 10.6. The van der Waals surface area contributed by atoms with Crippen LogP contribution in [0.2, 0.25) is 0 Å². The number of carbonyl (C=O) groups excluding carboxylic acids is 4. The first kappa shape index (κ1) is 50.4. The number of epoxide rings is 2. The molecule has 6 aliphatic rings. The Morgan fingerprint density at radius 3 is 1.08 bits per heavy atom. The largest absolute Gasteiger partial charge is 0.466 e. The molecule has 0 bridgehead atoms. The molecular weight excluding hydrogens is 784 g/mol. The number of methoxy groups -OCH3 is 8. The summed E-state index contributed by atoms with van der Waals surface area (Å²) in [5.74, 6) is -1.51. The molecular formula is C44H64O16. The van der Waals surface area contributed by atoms with Crippen molar-refractivity contribution in [2.24, 2.45) is 0 Å². The highest BCUT2D eigenvalue weighted by molar-refractivity contribution is 5.85. The maximum absolute atomic E-state index is 11.2. The Morgan fingerprint density at radius 2 is 0.800 bits per heavy atom. The third kappa shape index (κ3) is 13.5. The molecule has 10 atom stereocenters. The van der Waals surface area contributed by atoms with Crippen molar-refractivity contribution < 1.29 is 76.8 Å². The predicted molar refractivity (Wildman–Crippen MR) is 217 cm³/mol. The lowest BCUT2D eigenvalue weighted by Crippen LogP contribution is -2.29. The molecule has 0 spiro atoms. The summed E-state index contributed by atoms with van der Waals surface area (Å²) in [6.45, 7) is 11.5. The van der Waals surface area contributed by atoms with Gasteiger partial charge in [0.1, 0.15) is 11.2 Å². The van der Waals surface area contributed by atoms with Crippen LogP contribution < -0.4 is 0 Å². The zero-order valence-corrected chi connectivity index (χ0v) is 36.6. The highest BCUT2D eigenvalue weighted by atomic mass is 16.6. The lowest BCUT2D eigenvalue weighted by Gasteiger charge is -2.29. The Morgan fingerprint density at radius 1 is 0.517 bits per heavy atom. The van der Waals surface area contributed by atoms with E-state index in [2.05, 4.69) is 32.1 Å². The number of hydrogen-bond donors (Lipinski definition) is 2. The summed E-state index contributed by atoms with van der Waals surface area (Å²) >= 11 is 0. The summed E-state index contributed by atoms with van der Waals surface area (Å²) in [4.78, 5) is 44.5. The van der Waals surface area contributed by atoms with E-state index in [1.807, 2.05) is 13.8 Å². The molecule has 60 heavy (non-hydrogen) atoms. The van der Waals surface area contributed by atoms with Crippen molar-refractivity contribution in [3.05, 3.63) is 70.9 Å². The minimum atomic E-state index is -0.639. The molecule has 0 radical (unpaired) electrons. The minimum Gasteiger partial charge on any atom is -0.466 e. The van der Waals surface area contributed by atoms with Gasteiger partial charge in [-0.15, -0.1) is 0 Å². The molecule has 0 amide bonds. The van der Waals surface area contributed by atoms with Crippen LogP contribution in [0.3, 0.4) is 0 Å². The molecule has 10 unspecified atom stereocenters. The summed E-state index contributed by atoms with van der Waals surface area (Å²) in [5, 5.41) is 19.3. The Hall–Kier alpha value is -4.00. The molecule has 0 aromatic heterocycles. The molecule has 0 aromatic carbocycles. The summed E-state index contributed by atoms with van der Waals surface area (Å²) < 4.78 is 50.4. The van der Waals surface area contributed by atoms with E-state index in [9.17, 15) is 29.4 Å². The fourth-order valence-corrected chi connectivity index (χ4v) is 7.53. The van der Waals surface area contributed by atoms with E-state index in [0.717, 1.165) is 36.8 Å². The number of ether oxygens (including phenoxy) is 10. The maximum Gasteiger partial charge on any atom is 0.330 e. The fraction of sp³-hybridized carbons (Fsp3) is 0.636. The van der Waals surface area contributed by atoms with Crippen LogP contribution >= 0.6 is 0 Å². The number of fused-ring (bicyclic) bond motifs is 2. The van der Waals surface area contributed by atoms with Gasteiger partial charge < -0.3 is 57.6 Å². The van der Waals surface area contributed by atoms with E-state index >= 15 is 0 Å². The van der Waals surface area contributed by atoms with E-state index in [4.69, 9.17) is 28.4 Å². The molecule has 16 nitrogen and oxygen atoms in total. The Balaban J connectivity index is 0.000000214. The van der Waals surface area contributed by atoms with Gasteiger partial charge in [0.15, 0.2) is 0 Å². The zero-order chi connectivity index (χ0) is 44.9. The predicted octanol–water partition coefficient (Wildman–Crippen LogP) is 3.73. The van der Waals surface area contributed by atoms with E-state index in [1.165, 1.54) is 52.7 Å². The van der Waals surface area contributed by atoms with Crippen molar-refractivity contribution in [2.75, 3.05) is 56.9 Å². The second kappa shape index (κ2) is 22.7. The molecule has 16 heteroatoms. The molecule has 2 N–H and O–H groups in total. The van der Waals surface area contributed by atoms with Gasteiger partial charge in [0.2, 0.25) is 0 Å².